The van der Waals surface area contributed by atoms with Crippen molar-refractivity contribution in [3.8, 4) is 0 Å². The molecule has 1 saturated heterocycles. The fraction of sp³-hybridized carbons (Fsp3) is 0.846. The number of halogens is 3. The minimum atomic E-state index is -3.59. The van der Waals surface area contributed by atoms with Crippen molar-refractivity contribution in [2.45, 2.75) is 114 Å². The zero-order valence-corrected chi connectivity index (χ0v) is 26.7. The maximum Gasteiger partial charge on any atom is 0.429 e. The first-order chi connectivity index (χ1) is 18.5. The maximum atomic E-state index is 13.2. The molecule has 1 fully saturated rings. The van der Waals surface area contributed by atoms with Crippen LogP contribution in [0.1, 0.15) is 97.8 Å². The van der Waals surface area contributed by atoms with Gasteiger partial charge in [0.25, 0.3) is 0 Å². The number of allylic oxidation sites excluding steroid dienone is 1. The number of hydrogen-bond acceptors (Lipinski definition) is 7. The third-order valence-corrected chi connectivity index (χ3v) is 8.54. The van der Waals surface area contributed by atoms with E-state index in [4.69, 9.17) is 53.3 Å². The second-order valence-electron chi connectivity index (χ2n) is 9.47. The Labute approximate surface area is 249 Å². The molecule has 228 valence electrons. The summed E-state index contributed by atoms with van der Waals surface area (Å²) in [5, 5.41) is 0.919. The van der Waals surface area contributed by atoms with Crippen molar-refractivity contribution in [2.75, 3.05) is 26.0 Å². The number of carbonyl (C=O) groups is 2. The van der Waals surface area contributed by atoms with E-state index in [9.17, 15) is 14.2 Å². The molecular formula is C26H46Cl3N2O7P. The van der Waals surface area contributed by atoms with E-state index in [0.29, 0.717) is 0 Å². The van der Waals surface area contributed by atoms with Gasteiger partial charge in [-0.1, -0.05) is 112 Å². The first-order valence-electron chi connectivity index (χ1n) is 14.1. The molecule has 2 amide bonds. The number of unbranched alkanes of at least 4 members (excludes halogenated alkanes) is 11. The average molecular weight is 636 g/mol. The number of hydrogen-bond donors (Lipinski definition) is 1. The van der Waals surface area contributed by atoms with Crippen molar-refractivity contribution < 1.29 is 32.7 Å². The second-order valence-corrected chi connectivity index (χ2v) is 14.1. The predicted octanol–water partition coefficient (Wildman–Crippen LogP) is 8.71. The molecule has 0 unspecified atom stereocenters. The first-order valence-corrected chi connectivity index (χ1v) is 17.0. The van der Waals surface area contributed by atoms with E-state index in [0.717, 1.165) is 24.3 Å². The molecule has 0 spiro atoms. The van der Waals surface area contributed by atoms with E-state index >= 15 is 0 Å². The highest BCUT2D eigenvalue weighted by Crippen LogP contribution is 2.50. The molecule has 1 aliphatic rings. The molecule has 0 bridgehead atoms. The summed E-state index contributed by atoms with van der Waals surface area (Å²) < 4.78 is 32.6. The molecule has 0 radical (unpaired) electrons. The largest absolute Gasteiger partial charge is 0.444 e. The van der Waals surface area contributed by atoms with Crippen LogP contribution in [0.15, 0.2) is 12.2 Å². The lowest BCUT2D eigenvalue weighted by Crippen LogP contribution is -2.50. The van der Waals surface area contributed by atoms with Gasteiger partial charge in [0.2, 0.25) is 3.79 Å². The molecule has 2 atom stereocenters. The Kier molecular flexibility index (Phi) is 18.8. The highest BCUT2D eigenvalue weighted by Gasteiger charge is 2.46. The number of amides is 2. The van der Waals surface area contributed by atoms with Crippen LogP contribution in [0.4, 0.5) is 9.59 Å². The number of carbonyl (C=O) groups excluding carboxylic acids is 2. The first kappa shape index (κ1) is 36.3. The topological polar surface area (TPSA) is 103 Å². The van der Waals surface area contributed by atoms with E-state index in [1.165, 1.54) is 57.8 Å². The third kappa shape index (κ3) is 16.4. The van der Waals surface area contributed by atoms with Crippen molar-refractivity contribution in [1.29, 1.82) is 0 Å². The third-order valence-electron chi connectivity index (χ3n) is 6.09. The summed E-state index contributed by atoms with van der Waals surface area (Å²) in [6.07, 6.45) is 15.5. The van der Waals surface area contributed by atoms with Crippen molar-refractivity contribution in [1.82, 2.24) is 10.4 Å². The Bertz CT molecular complexity index is 773. The van der Waals surface area contributed by atoms with Gasteiger partial charge in [-0.3, -0.25) is 4.57 Å². The quantitative estimate of drug-likeness (QED) is 0.0582. The number of alkyl halides is 3. The summed E-state index contributed by atoms with van der Waals surface area (Å²) >= 11 is 16.9. The Morgan fingerprint density at radius 1 is 0.974 bits per heavy atom. The van der Waals surface area contributed by atoms with Crippen molar-refractivity contribution in [3.63, 3.8) is 0 Å². The van der Waals surface area contributed by atoms with Crippen LogP contribution in [-0.4, -0.2) is 59.1 Å². The summed E-state index contributed by atoms with van der Waals surface area (Å²) in [7, 11) is -3.59. The van der Waals surface area contributed by atoms with Crippen molar-refractivity contribution >= 4 is 54.6 Å². The molecule has 0 aromatic carbocycles. The smallest absolute Gasteiger partial charge is 0.429 e. The SMILES string of the molecule is CCCCCCCCCCCCC/C=C/[C@@H]1OC(=O)N(NC(=O)OCC(Cl)(Cl)Cl)[C@@H]1CP(=O)(OCC)OCC. The lowest BCUT2D eigenvalue weighted by Gasteiger charge is -2.27. The Morgan fingerprint density at radius 3 is 2.03 bits per heavy atom. The standard InChI is InChI=1S/C26H46Cl3N2O7P/c1-4-7-8-9-10-11-12-13-14-15-16-17-18-19-23-22(20-39(34,36-5-2)37-6-3)31(25(33)38-23)30-24(32)35-21-26(27,28)29/h18-19,22-23H,4-17,20-21H2,1-3H3,(H,30,32)/b19-18+/t22-,23+/m1/s1. The molecule has 1 heterocycles. The van der Waals surface area contributed by atoms with E-state index in [1.807, 2.05) is 6.08 Å². The van der Waals surface area contributed by atoms with Gasteiger partial charge in [-0.25, -0.2) is 20.0 Å². The summed E-state index contributed by atoms with van der Waals surface area (Å²) in [5.41, 5.74) is 2.29. The number of rotatable bonds is 21. The van der Waals surface area contributed by atoms with Gasteiger partial charge >= 0.3 is 19.8 Å². The van der Waals surface area contributed by atoms with Crippen LogP contribution in [0.3, 0.4) is 0 Å². The van der Waals surface area contributed by atoms with Gasteiger partial charge in [-0.15, -0.1) is 0 Å². The van der Waals surface area contributed by atoms with Gasteiger partial charge in [0.15, 0.2) is 0 Å². The fourth-order valence-corrected chi connectivity index (χ4v) is 6.28. The Morgan fingerprint density at radius 2 is 1.51 bits per heavy atom. The Balaban J connectivity index is 2.64. The van der Waals surface area contributed by atoms with Crippen molar-refractivity contribution in [2.24, 2.45) is 0 Å². The fourth-order valence-electron chi connectivity index (χ4n) is 4.22. The van der Waals surface area contributed by atoms with Gasteiger partial charge in [0.1, 0.15) is 18.8 Å². The lowest BCUT2D eigenvalue weighted by atomic mass is 10.0. The highest BCUT2D eigenvalue weighted by atomic mass is 35.6. The number of hydrazine groups is 1. The zero-order valence-electron chi connectivity index (χ0n) is 23.5. The minimum Gasteiger partial charge on any atom is -0.444 e. The van der Waals surface area contributed by atoms with Gasteiger partial charge in [0.05, 0.1) is 19.4 Å². The van der Waals surface area contributed by atoms with E-state index < -0.39 is 42.3 Å². The molecule has 0 saturated carbocycles. The average Bonchev–Trinajstić information content (AvgIpc) is 3.14. The Hall–Kier alpha value is -0.700. The monoisotopic (exact) mass is 634 g/mol. The molecule has 1 N–H and O–H groups in total. The normalized spacial score (nSPS) is 18.1. The zero-order chi connectivity index (χ0) is 29.2. The van der Waals surface area contributed by atoms with E-state index in [2.05, 4.69) is 12.3 Å². The molecule has 0 aliphatic carbocycles. The van der Waals surface area contributed by atoms with Gasteiger partial charge in [0, 0.05) is 0 Å². The number of ether oxygens (including phenoxy) is 2. The lowest BCUT2D eigenvalue weighted by molar-refractivity contribution is 0.105. The van der Waals surface area contributed by atoms with E-state index in [-0.39, 0.29) is 19.4 Å². The van der Waals surface area contributed by atoms with Crippen LogP contribution in [0, 0.1) is 0 Å². The maximum absolute atomic E-state index is 13.2. The van der Waals surface area contributed by atoms with Crippen molar-refractivity contribution in [3.05, 3.63) is 12.2 Å². The number of nitrogens with one attached hydrogen (secondary N) is 1. The van der Waals surface area contributed by atoms with Crippen LogP contribution < -0.4 is 5.43 Å². The molecular weight excluding hydrogens is 590 g/mol. The molecule has 1 aliphatic heterocycles. The molecule has 13 heteroatoms. The molecule has 0 aromatic heterocycles. The van der Waals surface area contributed by atoms with Crippen LogP contribution in [0.25, 0.3) is 0 Å². The summed E-state index contributed by atoms with van der Waals surface area (Å²) in [4.78, 5) is 24.9. The number of nitrogens with zero attached hydrogens (tertiary/aromatic N) is 1. The molecule has 0 aromatic rings. The molecule has 39 heavy (non-hydrogen) atoms. The van der Waals surface area contributed by atoms with Gasteiger partial charge in [-0.2, -0.15) is 0 Å². The van der Waals surface area contributed by atoms with E-state index in [1.54, 1.807) is 19.9 Å². The second kappa shape index (κ2) is 20.2. The summed E-state index contributed by atoms with van der Waals surface area (Å²) in [6, 6.07) is -0.865. The molecule has 9 nitrogen and oxygen atoms in total. The number of cyclic esters (lactones) is 1. The predicted molar refractivity (Wildman–Crippen MR) is 157 cm³/mol. The summed E-state index contributed by atoms with van der Waals surface area (Å²) in [5.74, 6) is 0. The van der Waals surface area contributed by atoms with Crippen LogP contribution in [0.5, 0.6) is 0 Å². The minimum absolute atomic E-state index is 0.150. The van der Waals surface area contributed by atoms with Crippen LogP contribution >= 0.6 is 42.4 Å². The molecule has 1 rings (SSSR count). The summed E-state index contributed by atoms with van der Waals surface area (Å²) in [6.45, 7) is 5.39. The van der Waals surface area contributed by atoms with Gasteiger partial charge < -0.3 is 18.5 Å². The van der Waals surface area contributed by atoms with Crippen LogP contribution in [0.2, 0.25) is 0 Å². The highest BCUT2D eigenvalue weighted by molar-refractivity contribution is 7.53. The van der Waals surface area contributed by atoms with Crippen LogP contribution in [-0.2, 0) is 23.1 Å². The van der Waals surface area contributed by atoms with Gasteiger partial charge in [-0.05, 0) is 32.8 Å².